The fourth-order valence-electron chi connectivity index (χ4n) is 16.3. The maximum absolute atomic E-state index is 6.32. The summed E-state index contributed by atoms with van der Waals surface area (Å²) >= 11 is 0. The van der Waals surface area contributed by atoms with Crippen molar-refractivity contribution in [2.45, 2.75) is 80.7 Å². The Labute approximate surface area is 779 Å². The lowest BCUT2D eigenvalue weighted by Crippen LogP contribution is -2.46. The van der Waals surface area contributed by atoms with Crippen LogP contribution in [0.1, 0.15) is 113 Å². The number of nitrogens with zero attached hydrogens (tertiary/aromatic N) is 7. The molecule has 0 radical (unpaired) electrons. The molecule has 5 saturated heterocycles. The molecule has 5 aliphatic rings. The quantitative estimate of drug-likeness (QED) is 0.0631. The Balaban J connectivity index is 0.000000142. The number of hydrogen-bond acceptors (Lipinski definition) is 19. The maximum atomic E-state index is 6.32. The minimum atomic E-state index is -0.869. The molecule has 12 aromatic rings. The number of rotatable bonds is 21. The Morgan fingerprint density at radius 2 is 0.366 bits per heavy atom. The summed E-state index contributed by atoms with van der Waals surface area (Å²) in [5.41, 5.74) is 20.5. The molecule has 0 aromatic heterocycles. The minimum Gasteiger partial charge on any atom is -0.378 e. The molecule has 0 N–H and O–H groups in total. The molecule has 0 unspecified atom stereocenters. The van der Waals surface area contributed by atoms with Gasteiger partial charge in [0.05, 0.1) is 66.1 Å². The van der Waals surface area contributed by atoms with Crippen LogP contribution in [0.5, 0.6) is 0 Å². The average molecular weight is 1770 g/mol. The third-order valence-corrected chi connectivity index (χ3v) is 23.9. The third kappa shape index (κ3) is 24.0. The molecule has 5 heterocycles. The van der Waals surface area contributed by atoms with Crippen LogP contribution in [0.2, 0.25) is 0 Å². The molecule has 0 saturated carbocycles. The zero-order valence-corrected chi connectivity index (χ0v) is 80.2. The van der Waals surface area contributed by atoms with Crippen molar-refractivity contribution in [2.75, 3.05) is 213 Å². The summed E-state index contributed by atoms with van der Waals surface area (Å²) < 4.78 is 73.3. The average Bonchev–Trinajstić information content (AvgIpc) is 1.79. The highest BCUT2D eigenvalue weighted by Gasteiger charge is 2.46. The molecule has 0 amide bonds. The normalized spacial score (nSPS) is 16.7. The van der Waals surface area contributed by atoms with Gasteiger partial charge < -0.3 is 91.1 Å². The lowest BCUT2D eigenvalue weighted by atomic mass is 9.90. The summed E-state index contributed by atoms with van der Waals surface area (Å²) in [7, 11) is 31.8. The van der Waals surface area contributed by atoms with Crippen molar-refractivity contribution in [3.63, 3.8) is 0 Å². The highest BCUT2D eigenvalue weighted by Crippen LogP contribution is 2.46. The van der Waals surface area contributed by atoms with Gasteiger partial charge in [0.25, 0.3) is 0 Å². The summed E-state index contributed by atoms with van der Waals surface area (Å²) in [4.78, 5) is 14.6. The Bertz CT molecular complexity index is 5140. The van der Waals surface area contributed by atoms with Crippen LogP contribution in [0.3, 0.4) is 0 Å². The first kappa shape index (κ1) is 98.8. The van der Waals surface area contributed by atoms with Crippen molar-refractivity contribution in [1.29, 1.82) is 0 Å². The Kier molecular flexibility index (Phi) is 34.9. The molecule has 19 heteroatoms. The zero-order chi connectivity index (χ0) is 93.1. The van der Waals surface area contributed by atoms with E-state index in [0.717, 1.165) is 133 Å². The van der Waals surface area contributed by atoms with Gasteiger partial charge in [0.2, 0.25) is 34.7 Å². The van der Waals surface area contributed by atoms with Gasteiger partial charge in [0, 0.05) is 225 Å². The van der Waals surface area contributed by atoms with Gasteiger partial charge in [-0.05, 0) is 117 Å². The smallest absolute Gasteiger partial charge is 0.222 e. The van der Waals surface area contributed by atoms with Crippen molar-refractivity contribution in [3.8, 4) is 0 Å². The number of hydrogen-bond donors (Lipinski definition) is 0. The van der Waals surface area contributed by atoms with Gasteiger partial charge in [0.15, 0.2) is 0 Å². The van der Waals surface area contributed by atoms with Crippen molar-refractivity contribution in [3.05, 3.63) is 388 Å². The second kappa shape index (κ2) is 46.2. The fourth-order valence-corrected chi connectivity index (χ4v) is 16.3. The van der Waals surface area contributed by atoms with E-state index in [1.807, 2.05) is 226 Å². The summed E-state index contributed by atoms with van der Waals surface area (Å²) in [6.07, 6.45) is 5.04. The van der Waals surface area contributed by atoms with Gasteiger partial charge in [-0.15, -0.1) is 0 Å². The van der Waals surface area contributed by atoms with E-state index in [2.05, 4.69) is 242 Å². The van der Waals surface area contributed by atoms with E-state index in [9.17, 15) is 0 Å². The number of benzene rings is 12. The van der Waals surface area contributed by atoms with E-state index in [-0.39, 0.29) is 5.41 Å². The summed E-state index contributed by atoms with van der Waals surface area (Å²) in [5, 5.41) is 0. The van der Waals surface area contributed by atoms with Crippen LogP contribution in [0.25, 0.3) is 0 Å². The van der Waals surface area contributed by atoms with Gasteiger partial charge in [-0.1, -0.05) is 250 Å². The monoisotopic (exact) mass is 1770 g/mol. The first-order valence-electron chi connectivity index (χ1n) is 45.5. The predicted octanol–water partition coefficient (Wildman–Crippen LogP) is 21.3. The van der Waals surface area contributed by atoms with Crippen LogP contribution < -0.4 is 34.3 Å². The van der Waals surface area contributed by atoms with Gasteiger partial charge >= 0.3 is 0 Å². The zero-order valence-electron chi connectivity index (χ0n) is 80.2. The maximum Gasteiger partial charge on any atom is 0.222 e. The molecule has 17 rings (SSSR count). The second-order valence-electron chi connectivity index (χ2n) is 35.3. The molecule has 19 nitrogen and oxygen atoms in total. The molecule has 0 aliphatic carbocycles. The van der Waals surface area contributed by atoms with E-state index >= 15 is 0 Å². The SMILES string of the molecule is CN(C)c1ccc(C2(c3ccc(N(C)C)cc3)OCCCCO2)cc1.CN(C)c1ccc(C2(c3ccccc3)OCC(C)(C)CO2)cc1.CN(C)c1ccc(C2(c3ccccc3)OCCCCO2)cc1.CN(C)c1ccc(C2(c3ccccc3)OCCCO2)cc1.CN(C)c1ccc(C2(c3ccccc3)OCCO2)cc1.COC(OC)(c1ccccc1)c1ccc(N(C)C)cc1. The molecule has 5 aliphatic heterocycles. The molecule has 0 bridgehead atoms. The largest absolute Gasteiger partial charge is 0.378 e. The standard InChI is InChI=1S/C21H28N2O2.C20H25NO2.C19H23NO2.C18H21NO2.C17H19NO2.C17H21NO2/c1-22(2)19-11-7-17(8-12-19)21(24-15-5-6-16-25-21)18-9-13-20(14-10-18)23(3)4;1-19(2)14-22-20(23-15-19,16-8-6-5-7-9-16)17-10-12-18(13-11-17)21(3)4;1-20(2)18-12-10-17(11-13-18)19(16-8-4-3-5-9-16)21-14-6-7-15-22-19;1-19(2)17-11-9-16(10-12-17)18(20-13-6-14-21-18)15-7-4-3-5-8-15;1-18(2)16-10-8-15(9-11-16)17(19-12-13-20-17)14-6-4-3-5-7-14;1-18(2)16-12-10-15(11-13-16)17(19-3,20-4)14-8-6-5-7-9-14/h7-14H,5-6,15-16H2,1-4H3;5-13H,14-15H2,1-4H3;3-5,8-13H,6-7,14-15H2,1-2H3;3-5,7-12H,6,13-14H2,1-2H3;3-11H,12-13H2,1-2H3;5-13H,1-4H3. The van der Waals surface area contributed by atoms with Crippen LogP contribution in [0.15, 0.2) is 322 Å². The van der Waals surface area contributed by atoms with Gasteiger partial charge in [-0.25, -0.2) is 0 Å². The first-order valence-corrected chi connectivity index (χ1v) is 45.5. The van der Waals surface area contributed by atoms with Gasteiger partial charge in [-0.3, -0.25) is 0 Å². The fraction of sp³-hybridized carbons (Fsp3) is 0.357. The van der Waals surface area contributed by atoms with E-state index in [1.54, 1.807) is 14.2 Å². The van der Waals surface area contributed by atoms with Crippen molar-refractivity contribution < 1.29 is 56.8 Å². The van der Waals surface area contributed by atoms with Crippen molar-refractivity contribution in [1.82, 2.24) is 0 Å². The lowest BCUT2D eigenvalue weighted by Gasteiger charge is -2.44. The molecular weight excluding hydrogens is 1640 g/mol. The predicted molar refractivity (Wildman–Crippen MR) is 533 cm³/mol. The van der Waals surface area contributed by atoms with Crippen LogP contribution in [0, 0.1) is 5.41 Å². The van der Waals surface area contributed by atoms with E-state index < -0.39 is 34.7 Å². The molecule has 0 spiro atoms. The summed E-state index contributed by atoms with van der Waals surface area (Å²) in [5.74, 6) is -4.83. The molecule has 12 aromatic carbocycles. The number of ether oxygens (including phenoxy) is 12. The topological polar surface area (TPSA) is 133 Å². The molecule has 692 valence electrons. The Morgan fingerprint density at radius 1 is 0.198 bits per heavy atom. The lowest BCUT2D eigenvalue weighted by molar-refractivity contribution is -0.284. The summed E-state index contributed by atoms with van der Waals surface area (Å²) in [6.45, 7) is 11.1. The van der Waals surface area contributed by atoms with E-state index in [4.69, 9.17) is 56.8 Å². The second-order valence-corrected chi connectivity index (χ2v) is 35.3. The van der Waals surface area contributed by atoms with Crippen LogP contribution in [-0.4, -0.2) is 179 Å². The van der Waals surface area contributed by atoms with Crippen LogP contribution in [-0.2, 0) is 91.6 Å². The molecule has 131 heavy (non-hydrogen) atoms. The molecule has 0 atom stereocenters. The van der Waals surface area contributed by atoms with Crippen molar-refractivity contribution >= 4 is 39.8 Å². The molecular formula is C112H137N7O12. The third-order valence-electron chi connectivity index (χ3n) is 23.9. The highest BCUT2D eigenvalue weighted by atomic mass is 16.7. The van der Waals surface area contributed by atoms with Crippen LogP contribution >= 0.6 is 0 Å². The van der Waals surface area contributed by atoms with Gasteiger partial charge in [-0.2, -0.15) is 0 Å². The Morgan fingerprint density at radius 3 is 0.573 bits per heavy atom. The number of anilines is 7. The number of methoxy groups -OCH3 is 2. The summed E-state index contributed by atoms with van der Waals surface area (Å²) in [6, 6.07) is 109. The highest BCUT2D eigenvalue weighted by molar-refractivity contribution is 5.56. The Hall–Kier alpha value is -11.2. The first-order chi connectivity index (χ1) is 63.3. The van der Waals surface area contributed by atoms with Gasteiger partial charge in [0.1, 0.15) is 0 Å². The molecule has 5 fully saturated rings. The van der Waals surface area contributed by atoms with E-state index in [1.165, 1.54) is 5.69 Å². The van der Waals surface area contributed by atoms with E-state index in [0.29, 0.717) is 66.1 Å². The minimum absolute atomic E-state index is 0.0296. The van der Waals surface area contributed by atoms with Crippen molar-refractivity contribution in [2.24, 2.45) is 5.41 Å². The van der Waals surface area contributed by atoms with Crippen LogP contribution in [0.4, 0.5) is 39.8 Å².